The summed E-state index contributed by atoms with van der Waals surface area (Å²) in [4.78, 5) is 98.2. The van der Waals surface area contributed by atoms with Crippen LogP contribution in [0.3, 0.4) is 0 Å². The van der Waals surface area contributed by atoms with E-state index in [4.69, 9.17) is 91.0 Å². The van der Waals surface area contributed by atoms with Gasteiger partial charge in [-0.05, 0) is 37.5 Å². The van der Waals surface area contributed by atoms with E-state index in [1.165, 1.54) is 0 Å². The number of carbonyl (C=O) groups is 7. The molecule has 0 aromatic carbocycles. The van der Waals surface area contributed by atoms with E-state index < -0.39 is 77.9 Å². The molecule has 147 heavy (non-hydrogen) atoms. The number of ketones is 3. The Balaban J connectivity index is 8.89. The number of amides is 4. The van der Waals surface area contributed by atoms with Crippen LogP contribution in [-0.4, -0.2) is 439 Å². The summed E-state index contributed by atoms with van der Waals surface area (Å²) in [5.74, 6) is 3.17. The fourth-order valence-electron chi connectivity index (χ4n) is 13.2. The molecule has 30 nitrogen and oxygen atoms in total. The fourth-order valence-corrected chi connectivity index (χ4v) is 15.6. The lowest BCUT2D eigenvalue weighted by atomic mass is 9.71. The molecular formula is C93H179N5O25S24. The molecule has 6 N–H and O–H groups in total. The number of unbranched alkanes of at least 4 members (excludes halogenated alkanes) is 8. The molecule has 54 heteroatoms. The zero-order valence-electron chi connectivity index (χ0n) is 84.9. The molecular weight excluding hydrogens is 2360 g/mol. The lowest BCUT2D eigenvalue weighted by molar-refractivity contribution is -0.128. The first-order chi connectivity index (χ1) is 70.6. The van der Waals surface area contributed by atoms with Crippen LogP contribution in [0.5, 0.6) is 0 Å². The van der Waals surface area contributed by atoms with Crippen molar-refractivity contribution in [2.75, 3.05) is 280 Å². The normalized spacial score (nSPS) is 16.7. The van der Waals surface area contributed by atoms with Crippen LogP contribution in [0, 0.1) is 5.41 Å². The summed E-state index contributed by atoms with van der Waals surface area (Å²) < 4.78 is 113. The van der Waals surface area contributed by atoms with Crippen molar-refractivity contribution in [2.24, 2.45) is 11.1 Å². The van der Waals surface area contributed by atoms with Crippen molar-refractivity contribution in [2.45, 2.75) is 246 Å². The second-order valence-electron chi connectivity index (χ2n) is 36.0. The number of hydrogen-bond acceptors (Lipinski definition) is 50. The maximum Gasteiger partial charge on any atom is 0.220 e. The number of nitrogens with one attached hydrogen (secondary N) is 4. The molecule has 0 aliphatic carbocycles. The quantitative estimate of drug-likeness (QED) is 0.0199. The fraction of sp³-hybridized carbons (Fsp3) is 0.925. The monoisotopic (exact) mass is 2530 g/mol. The molecule has 870 valence electrons. The molecule has 0 aromatic rings. The molecule has 18 atom stereocenters. The highest BCUT2D eigenvalue weighted by Gasteiger charge is 2.37. The van der Waals surface area contributed by atoms with E-state index in [1.54, 1.807) is 0 Å². The molecule has 4 amide bonds. The number of nitrogens with two attached hydrogens (primary N) is 1. The van der Waals surface area contributed by atoms with Crippen molar-refractivity contribution in [1.29, 1.82) is 0 Å². The summed E-state index contributed by atoms with van der Waals surface area (Å²) >= 11 is 108. The summed E-state index contributed by atoms with van der Waals surface area (Å²) in [5, 5.41) is 9.96. The molecule has 0 heterocycles. The molecule has 0 saturated heterocycles. The van der Waals surface area contributed by atoms with Crippen LogP contribution in [0.1, 0.15) is 128 Å². The number of thiol groups is 24. The van der Waals surface area contributed by atoms with Crippen molar-refractivity contribution < 1.29 is 119 Å². The average molecular weight is 2540 g/mol. The van der Waals surface area contributed by atoms with Gasteiger partial charge in [-0.25, -0.2) is 0 Å². The Morgan fingerprint density at radius 3 is 0.605 bits per heavy atom. The van der Waals surface area contributed by atoms with Gasteiger partial charge in [0.1, 0.15) is 48.2 Å². The lowest BCUT2D eigenvalue weighted by Gasteiger charge is -2.34. The lowest BCUT2D eigenvalue weighted by Crippen LogP contribution is -2.45. The van der Waals surface area contributed by atoms with Crippen LogP contribution in [0.15, 0.2) is 0 Å². The van der Waals surface area contributed by atoms with Crippen LogP contribution < -0.4 is 27.0 Å². The van der Waals surface area contributed by atoms with Crippen LogP contribution in [0.2, 0.25) is 0 Å². The van der Waals surface area contributed by atoms with E-state index in [-0.39, 0.29) is 362 Å². The molecule has 0 saturated carbocycles. The van der Waals surface area contributed by atoms with Gasteiger partial charge in [0.25, 0.3) is 0 Å². The topological polar surface area (TPSA) is 360 Å². The van der Waals surface area contributed by atoms with Gasteiger partial charge in [-0.1, -0.05) is 44.9 Å². The number of Topliss-reactive ketones (excluding diaryl/α,β-unsaturated/α-hetero) is 3. The van der Waals surface area contributed by atoms with Crippen molar-refractivity contribution in [1.82, 2.24) is 21.3 Å². The molecule has 0 aromatic heterocycles. The number of carbonyl (C=O) groups excluding carboxylic acids is 7. The summed E-state index contributed by atoms with van der Waals surface area (Å²) in [7, 11) is 0. The van der Waals surface area contributed by atoms with Gasteiger partial charge in [0, 0.05) is 183 Å². The number of hydrogen-bond donors (Lipinski definition) is 29. The minimum Gasteiger partial charge on any atom is -0.377 e. The first-order valence-electron chi connectivity index (χ1n) is 50.1. The highest BCUT2D eigenvalue weighted by molar-refractivity contribution is 7.88. The first kappa shape index (κ1) is 152. The highest BCUT2D eigenvalue weighted by atomic mass is 32.1. The van der Waals surface area contributed by atoms with Gasteiger partial charge in [-0.15, -0.1) is 0 Å². The zero-order valence-corrected chi connectivity index (χ0v) is 106. The van der Waals surface area contributed by atoms with Gasteiger partial charge in [0.2, 0.25) is 23.6 Å². The maximum absolute atomic E-state index is 15.5. The molecule has 0 aliphatic heterocycles. The largest absolute Gasteiger partial charge is 0.377 e. The van der Waals surface area contributed by atoms with E-state index >= 15 is 19.2 Å². The van der Waals surface area contributed by atoms with Crippen molar-refractivity contribution in [3.8, 4) is 0 Å². The predicted molar refractivity (Wildman–Crippen MR) is 675 cm³/mol. The summed E-state index contributed by atoms with van der Waals surface area (Å²) in [6.45, 7) is 3.08. The molecule has 0 fully saturated rings. The zero-order chi connectivity index (χ0) is 109. The van der Waals surface area contributed by atoms with Crippen LogP contribution in [0.4, 0.5) is 0 Å². The van der Waals surface area contributed by atoms with Gasteiger partial charge < -0.3 is 112 Å². The van der Waals surface area contributed by atoms with E-state index in [2.05, 4.69) is 324 Å². The van der Waals surface area contributed by atoms with Gasteiger partial charge in [0.15, 0.2) is 5.78 Å². The third-order valence-corrected chi connectivity index (χ3v) is 34.4. The molecule has 0 radical (unpaired) electrons. The molecule has 0 bridgehead atoms. The SMILES string of the molecule is NCC(=O)CCC(=O)NCC(=O)CCCCCCCCCCCC(=O)CC(CCC(=O)NC(COCC(COCC(S)CS)OCC(S)CS)COCC(COCC(S)CS)OCC(S)CS)(CCC(=O)NC(COCC(COCC(S)CS)OCC(S)CS)COCC(COCC(S)CS)OCC(S)CS)CCC(=O)NC(COCC(COCC(S)CS)OCC(S)CS)COCC(COCC(S)CS)OCC(S)CS. The Bertz CT molecular complexity index is 2820. The van der Waals surface area contributed by atoms with E-state index in [1.807, 2.05) is 0 Å². The molecule has 0 aliphatic rings. The Kier molecular flexibility index (Phi) is 106. The molecule has 18 unspecified atom stereocenters. The summed E-state index contributed by atoms with van der Waals surface area (Å²) in [6, 6.07) is -2.51. The van der Waals surface area contributed by atoms with Gasteiger partial charge in [-0.2, -0.15) is 303 Å². The van der Waals surface area contributed by atoms with Gasteiger partial charge in [-0.3, -0.25) is 33.6 Å². The second-order valence-corrected chi connectivity index (χ2v) is 49.1. The minimum absolute atomic E-state index is 0.0151. The second kappa shape index (κ2) is 103. The minimum atomic E-state index is -1.27. The van der Waals surface area contributed by atoms with Crippen molar-refractivity contribution in [3.63, 3.8) is 0 Å². The van der Waals surface area contributed by atoms with Gasteiger partial charge >= 0.3 is 0 Å². The van der Waals surface area contributed by atoms with E-state index in [9.17, 15) is 14.4 Å². The Labute approximate surface area is 1010 Å². The van der Waals surface area contributed by atoms with Crippen molar-refractivity contribution in [3.05, 3.63) is 0 Å². The van der Waals surface area contributed by atoms with Crippen LogP contribution in [-0.2, 0) is 119 Å². The van der Waals surface area contributed by atoms with Gasteiger partial charge in [0.05, 0.1) is 229 Å². The third kappa shape index (κ3) is 90.5. The van der Waals surface area contributed by atoms with E-state index in [0.717, 1.165) is 38.5 Å². The van der Waals surface area contributed by atoms with Crippen LogP contribution >= 0.6 is 303 Å². The highest BCUT2D eigenvalue weighted by Crippen LogP contribution is 2.40. The third-order valence-electron chi connectivity index (χ3n) is 21.7. The number of rotatable bonds is 110. The Morgan fingerprint density at radius 2 is 0.401 bits per heavy atom. The maximum atomic E-state index is 15.5. The average Bonchev–Trinajstić information content (AvgIpc) is 0.838. The standard InChI is InChI=1S/C93H179N5O25S24/c94-21-69(100)12-13-89(102)95-22-70(101)11-9-7-5-3-1-2-4-6-8-10-68(99)20-93(17-14-90(103)96-65(23-106-29-71(118-47-83(142)59-130)35-112-41-77(136)53-124)24-107-30-72(119-48-84(143)60-131)36-113-42-78(137)54-125,18-15-91(104)97-66(25-108-31-73(120-49-85(144)61-132)37-114-43-79(138)55-126)26-109-32-74(121-50-86(145)62-133)38-115-44-80(139)56-127)19-16-92(105)98-67(27-110-33-75(122-51-87(146)63-134)39-116-45-81(140)57-128)28-111-34-76(123-52-88(147)64-135)40-117-46-82(141)58-129/h65-67,71-88,124-147H,1-64,94H2,(H,95,102)(H,96,103)(H,97,104)(H,98,105). The van der Waals surface area contributed by atoms with Crippen molar-refractivity contribution >= 4 is 344 Å². The Morgan fingerprint density at radius 1 is 0.211 bits per heavy atom. The van der Waals surface area contributed by atoms with Crippen LogP contribution in [0.25, 0.3) is 0 Å². The smallest absolute Gasteiger partial charge is 0.220 e. The molecule has 0 rings (SSSR count). The summed E-state index contributed by atoms with van der Waals surface area (Å²) in [5.41, 5.74) is 4.11. The van der Waals surface area contributed by atoms with E-state index in [0.29, 0.717) is 94.7 Å². The number of ether oxygens (including phenoxy) is 18. The summed E-state index contributed by atoms with van der Waals surface area (Å²) in [6.07, 6.45) is 3.21. The predicted octanol–water partition coefficient (Wildman–Crippen LogP) is 10.3. The molecule has 0 spiro atoms. The first-order valence-corrected chi connectivity index (χ1v) is 63.9. The Hall–Kier alpha value is 4.53.